The van der Waals surface area contributed by atoms with Gasteiger partial charge in [-0.25, -0.2) is 0 Å². The summed E-state index contributed by atoms with van der Waals surface area (Å²) < 4.78 is 0. The second kappa shape index (κ2) is 6.01. The number of hydrogen-bond donors (Lipinski definition) is 2. The molecule has 0 bridgehead atoms. The van der Waals surface area contributed by atoms with E-state index in [1.807, 2.05) is 24.3 Å². The Morgan fingerprint density at radius 3 is 2.04 bits per heavy atom. The van der Waals surface area contributed by atoms with Crippen LogP contribution in [0.15, 0.2) is 67.2 Å². The molecule has 4 rings (SSSR count). The van der Waals surface area contributed by atoms with Gasteiger partial charge in [-0.15, -0.1) is 0 Å². The van der Waals surface area contributed by atoms with Gasteiger partial charge in [-0.3, -0.25) is 9.59 Å². The fourth-order valence-corrected chi connectivity index (χ4v) is 3.17. The Bertz CT molecular complexity index is 1070. The van der Waals surface area contributed by atoms with Gasteiger partial charge in [0.25, 0.3) is 0 Å². The van der Waals surface area contributed by atoms with E-state index in [1.165, 1.54) is 6.07 Å². The predicted molar refractivity (Wildman–Crippen MR) is 101 cm³/mol. The maximum absolute atomic E-state index is 13.0. The number of fused-ring (bicyclic) bond motifs is 2. The maximum Gasteiger partial charge on any atom is 0.198 e. The maximum atomic E-state index is 13.0. The summed E-state index contributed by atoms with van der Waals surface area (Å²) in [5.41, 5.74) is 3.12. The van der Waals surface area contributed by atoms with Crippen molar-refractivity contribution in [1.82, 2.24) is 0 Å². The van der Waals surface area contributed by atoms with Gasteiger partial charge in [-0.2, -0.15) is 0 Å². The number of carbonyl (C=O) groups is 2. The van der Waals surface area contributed by atoms with Crippen LogP contribution in [0.1, 0.15) is 37.4 Å². The van der Waals surface area contributed by atoms with Crippen molar-refractivity contribution in [3.63, 3.8) is 0 Å². The van der Waals surface area contributed by atoms with E-state index >= 15 is 0 Å². The minimum absolute atomic E-state index is 0.0430. The van der Waals surface area contributed by atoms with Crippen LogP contribution in [-0.4, -0.2) is 16.7 Å². The summed E-state index contributed by atoms with van der Waals surface area (Å²) in [6.07, 6.45) is 1.74. The normalized spacial score (nSPS) is 12.3. The summed E-state index contributed by atoms with van der Waals surface area (Å²) in [4.78, 5) is 25.8. The number of aromatic hydroxyl groups is 1. The van der Waals surface area contributed by atoms with Crippen molar-refractivity contribution in [1.29, 1.82) is 0 Å². The zero-order chi connectivity index (χ0) is 18.3. The Morgan fingerprint density at radius 2 is 1.42 bits per heavy atom. The molecule has 1 aliphatic rings. The summed E-state index contributed by atoms with van der Waals surface area (Å²) in [5.74, 6) is -0.824. The first-order chi connectivity index (χ1) is 12.6. The zero-order valence-electron chi connectivity index (χ0n) is 13.8. The van der Waals surface area contributed by atoms with Gasteiger partial charge in [-0.05, 0) is 29.8 Å². The monoisotopic (exact) mass is 341 g/mol. The SMILES string of the molecule is C=Cc1ccc(Nc2ccc(O)c3c2C(=O)c2ccccc2C3=O)cc1. The van der Waals surface area contributed by atoms with E-state index < -0.39 is 0 Å². The largest absolute Gasteiger partial charge is 0.507 e. The molecule has 0 aliphatic heterocycles. The molecule has 0 spiro atoms. The topological polar surface area (TPSA) is 66.4 Å². The van der Waals surface area contributed by atoms with Crippen molar-refractivity contribution >= 4 is 29.0 Å². The van der Waals surface area contributed by atoms with Crippen LogP contribution in [0.25, 0.3) is 6.08 Å². The van der Waals surface area contributed by atoms with Crippen LogP contribution in [0.3, 0.4) is 0 Å². The number of anilines is 2. The van der Waals surface area contributed by atoms with Crippen LogP contribution in [0.4, 0.5) is 11.4 Å². The fraction of sp³-hybridized carbons (Fsp3) is 0. The number of hydrogen-bond acceptors (Lipinski definition) is 4. The van der Waals surface area contributed by atoms with E-state index in [4.69, 9.17) is 0 Å². The van der Waals surface area contributed by atoms with Crippen molar-refractivity contribution in [3.05, 3.63) is 95.1 Å². The first-order valence-electron chi connectivity index (χ1n) is 8.14. The molecule has 4 nitrogen and oxygen atoms in total. The number of benzene rings is 3. The molecule has 0 amide bonds. The van der Waals surface area contributed by atoms with E-state index in [0.29, 0.717) is 16.8 Å². The molecule has 0 saturated heterocycles. The van der Waals surface area contributed by atoms with Crippen molar-refractivity contribution in [3.8, 4) is 5.75 Å². The molecular formula is C22H15NO3. The minimum atomic E-state index is -0.349. The van der Waals surface area contributed by atoms with E-state index in [9.17, 15) is 14.7 Å². The van der Waals surface area contributed by atoms with Crippen LogP contribution in [0.5, 0.6) is 5.75 Å². The fourth-order valence-electron chi connectivity index (χ4n) is 3.17. The third kappa shape index (κ3) is 2.40. The summed E-state index contributed by atoms with van der Waals surface area (Å²) in [6.45, 7) is 3.72. The van der Waals surface area contributed by atoms with Gasteiger partial charge >= 0.3 is 0 Å². The lowest BCUT2D eigenvalue weighted by Gasteiger charge is -2.21. The third-order valence-electron chi connectivity index (χ3n) is 4.48. The lowest BCUT2D eigenvalue weighted by Crippen LogP contribution is -2.22. The van der Waals surface area contributed by atoms with Crippen LogP contribution >= 0.6 is 0 Å². The van der Waals surface area contributed by atoms with Crippen molar-refractivity contribution < 1.29 is 14.7 Å². The summed E-state index contributed by atoms with van der Waals surface area (Å²) in [7, 11) is 0. The van der Waals surface area contributed by atoms with E-state index in [-0.39, 0.29) is 28.4 Å². The van der Waals surface area contributed by atoms with Crippen molar-refractivity contribution in [2.75, 3.05) is 5.32 Å². The molecule has 0 heterocycles. The molecule has 4 heteroatoms. The van der Waals surface area contributed by atoms with Crippen LogP contribution in [-0.2, 0) is 0 Å². The Hall–Kier alpha value is -3.66. The first-order valence-corrected chi connectivity index (χ1v) is 8.14. The average Bonchev–Trinajstić information content (AvgIpc) is 2.68. The molecule has 3 aromatic rings. The smallest absolute Gasteiger partial charge is 0.198 e. The Labute approximate surface area is 150 Å². The summed E-state index contributed by atoms with van der Waals surface area (Å²) in [6, 6.07) is 17.2. The van der Waals surface area contributed by atoms with Crippen molar-refractivity contribution in [2.45, 2.75) is 0 Å². The van der Waals surface area contributed by atoms with Crippen LogP contribution in [0.2, 0.25) is 0 Å². The number of nitrogens with one attached hydrogen (secondary N) is 1. The first kappa shape index (κ1) is 15.8. The number of rotatable bonds is 3. The molecule has 2 N–H and O–H groups in total. The van der Waals surface area contributed by atoms with Gasteiger partial charge in [0, 0.05) is 16.8 Å². The molecule has 0 atom stereocenters. The summed E-state index contributed by atoms with van der Waals surface area (Å²) in [5, 5.41) is 13.4. The highest BCUT2D eigenvalue weighted by atomic mass is 16.3. The molecule has 0 unspecified atom stereocenters. The van der Waals surface area contributed by atoms with Gasteiger partial charge in [0.05, 0.1) is 16.8 Å². The van der Waals surface area contributed by atoms with E-state index in [2.05, 4.69) is 11.9 Å². The number of carbonyl (C=O) groups excluding carboxylic acids is 2. The second-order valence-electron chi connectivity index (χ2n) is 6.04. The molecule has 0 aromatic heterocycles. The lowest BCUT2D eigenvalue weighted by molar-refractivity contribution is 0.0977. The third-order valence-corrected chi connectivity index (χ3v) is 4.48. The van der Waals surface area contributed by atoms with Gasteiger partial charge in [0.1, 0.15) is 5.75 Å². The molecule has 0 radical (unpaired) electrons. The second-order valence-corrected chi connectivity index (χ2v) is 6.04. The van der Waals surface area contributed by atoms with Gasteiger partial charge in [-0.1, -0.05) is 49.1 Å². The highest BCUT2D eigenvalue weighted by Gasteiger charge is 2.33. The number of phenols is 1. The van der Waals surface area contributed by atoms with Crippen LogP contribution < -0.4 is 5.32 Å². The van der Waals surface area contributed by atoms with Crippen LogP contribution in [0, 0.1) is 0 Å². The molecule has 26 heavy (non-hydrogen) atoms. The van der Waals surface area contributed by atoms with Gasteiger partial charge < -0.3 is 10.4 Å². The predicted octanol–water partition coefficient (Wildman–Crippen LogP) is 4.55. The molecule has 0 fully saturated rings. The zero-order valence-corrected chi connectivity index (χ0v) is 13.8. The molecule has 0 saturated carbocycles. The molecule has 3 aromatic carbocycles. The Morgan fingerprint density at radius 1 is 0.808 bits per heavy atom. The highest BCUT2D eigenvalue weighted by Crippen LogP contribution is 2.37. The molecule has 1 aliphatic carbocycles. The highest BCUT2D eigenvalue weighted by molar-refractivity contribution is 6.31. The quantitative estimate of drug-likeness (QED) is 0.536. The Kier molecular flexibility index (Phi) is 3.66. The number of phenolic OH excluding ortho intramolecular Hbond substituents is 1. The molecular weight excluding hydrogens is 326 g/mol. The van der Waals surface area contributed by atoms with Crippen molar-refractivity contribution in [2.24, 2.45) is 0 Å². The Balaban J connectivity index is 1.85. The van der Waals surface area contributed by atoms with E-state index in [0.717, 1.165) is 11.3 Å². The molecule has 126 valence electrons. The van der Waals surface area contributed by atoms with E-state index in [1.54, 1.807) is 36.4 Å². The minimum Gasteiger partial charge on any atom is -0.507 e. The number of ketones is 2. The van der Waals surface area contributed by atoms with Gasteiger partial charge in [0.15, 0.2) is 11.6 Å². The average molecular weight is 341 g/mol. The standard InChI is InChI=1S/C22H15NO3/c1-2-13-7-9-14(10-8-13)23-17-11-12-18(24)20-19(17)21(25)15-5-3-4-6-16(15)22(20)26/h2-12,23-24H,1H2. The summed E-state index contributed by atoms with van der Waals surface area (Å²) >= 11 is 0. The lowest BCUT2D eigenvalue weighted by atomic mass is 9.82. The van der Waals surface area contributed by atoms with Gasteiger partial charge in [0.2, 0.25) is 0 Å².